The van der Waals surface area contributed by atoms with Crippen molar-refractivity contribution in [2.75, 3.05) is 0 Å². The Hall–Kier alpha value is -1.74. The predicted molar refractivity (Wildman–Crippen MR) is 96.9 cm³/mol. The maximum atomic E-state index is 12.5. The molecule has 8 heteroatoms. The topological polar surface area (TPSA) is 101 Å². The van der Waals surface area contributed by atoms with Crippen LogP contribution in [0.3, 0.4) is 0 Å². The van der Waals surface area contributed by atoms with Crippen LogP contribution in [0.4, 0.5) is 0 Å². The summed E-state index contributed by atoms with van der Waals surface area (Å²) in [7, 11) is -3.75. The Bertz CT molecular complexity index is 923. The molecule has 3 atom stereocenters. The summed E-state index contributed by atoms with van der Waals surface area (Å²) in [5, 5.41) is 11.8. The average Bonchev–Trinajstić information content (AvgIpc) is 3.30. The van der Waals surface area contributed by atoms with Gasteiger partial charge < -0.3 is 10.6 Å². The first-order valence-corrected chi connectivity index (χ1v) is 10.6. The van der Waals surface area contributed by atoms with E-state index in [0.29, 0.717) is 17.0 Å². The van der Waals surface area contributed by atoms with Crippen LogP contribution in [-0.2, 0) is 10.0 Å². The molecule has 2 aliphatic rings. The van der Waals surface area contributed by atoms with Gasteiger partial charge >= 0.3 is 0 Å². The fourth-order valence-corrected chi connectivity index (χ4v) is 5.13. The van der Waals surface area contributed by atoms with E-state index in [-0.39, 0.29) is 16.8 Å². The van der Waals surface area contributed by atoms with E-state index in [2.05, 4.69) is 10.6 Å². The molecule has 3 heterocycles. The van der Waals surface area contributed by atoms with Gasteiger partial charge in [0.1, 0.15) is 0 Å². The number of rotatable bonds is 4. The van der Waals surface area contributed by atoms with Crippen molar-refractivity contribution in [1.82, 2.24) is 10.6 Å². The highest BCUT2D eigenvalue weighted by molar-refractivity contribution is 7.89. The molecule has 0 radical (unpaired) electrons. The van der Waals surface area contributed by atoms with Gasteiger partial charge in [0, 0.05) is 23.0 Å². The Labute approximate surface area is 150 Å². The SMILES string of the molecule is NS(=O)(=O)c1cccc(-c2ccc(C(=O)N[C@@H]3C[C@@H]4CC[C@@H]3N4)s2)c1. The zero-order valence-electron chi connectivity index (χ0n) is 13.4. The molecular formula is C17H19N3O3S2. The number of carbonyl (C=O) groups is 1. The fraction of sp³-hybridized carbons (Fsp3) is 0.353. The minimum absolute atomic E-state index is 0.0671. The zero-order valence-corrected chi connectivity index (χ0v) is 15.1. The van der Waals surface area contributed by atoms with Crippen molar-refractivity contribution in [2.24, 2.45) is 5.14 Å². The second-order valence-corrected chi connectivity index (χ2v) is 9.25. The van der Waals surface area contributed by atoms with Crippen LogP contribution in [-0.4, -0.2) is 32.5 Å². The van der Waals surface area contributed by atoms with Gasteiger partial charge in [-0.2, -0.15) is 0 Å². The van der Waals surface area contributed by atoms with Crippen molar-refractivity contribution >= 4 is 27.3 Å². The molecule has 2 bridgehead atoms. The highest BCUT2D eigenvalue weighted by Crippen LogP contribution is 2.31. The number of hydrogen-bond acceptors (Lipinski definition) is 5. The standard InChI is InChI=1S/C17H19N3O3S2/c18-25(22,23)12-3-1-2-10(8-12)15-6-7-16(24-15)17(21)20-14-9-11-4-5-13(14)19-11/h1-3,6-8,11,13-14,19H,4-5,9H2,(H,20,21)(H2,18,22,23)/t11-,13-,14+/m0/s1. The Morgan fingerprint density at radius 3 is 2.76 bits per heavy atom. The third kappa shape index (κ3) is 3.35. The number of primary sulfonamides is 1. The summed E-state index contributed by atoms with van der Waals surface area (Å²) in [5.74, 6) is -0.0711. The van der Waals surface area contributed by atoms with Crippen LogP contribution >= 0.6 is 11.3 Å². The Morgan fingerprint density at radius 1 is 1.24 bits per heavy atom. The van der Waals surface area contributed by atoms with Crippen molar-refractivity contribution in [1.29, 1.82) is 0 Å². The molecule has 1 amide bonds. The summed E-state index contributed by atoms with van der Waals surface area (Å²) in [6.07, 6.45) is 3.30. The van der Waals surface area contributed by atoms with Crippen LogP contribution in [0.5, 0.6) is 0 Å². The number of sulfonamides is 1. The summed E-state index contributed by atoms with van der Waals surface area (Å²) in [6.45, 7) is 0. The number of nitrogens with two attached hydrogens (primary N) is 1. The number of carbonyl (C=O) groups excluding carboxylic acids is 1. The monoisotopic (exact) mass is 377 g/mol. The molecule has 4 N–H and O–H groups in total. The lowest BCUT2D eigenvalue weighted by atomic mass is 9.95. The molecule has 2 saturated heterocycles. The molecule has 0 aliphatic carbocycles. The zero-order chi connectivity index (χ0) is 17.6. The van der Waals surface area contributed by atoms with Gasteiger partial charge in [0.25, 0.3) is 5.91 Å². The van der Waals surface area contributed by atoms with Gasteiger partial charge in [-0.15, -0.1) is 11.3 Å². The number of hydrogen-bond donors (Lipinski definition) is 3. The van der Waals surface area contributed by atoms with E-state index in [9.17, 15) is 13.2 Å². The molecule has 2 aliphatic heterocycles. The number of fused-ring (bicyclic) bond motifs is 2. The average molecular weight is 377 g/mol. The van der Waals surface area contributed by atoms with Crippen LogP contribution in [0.2, 0.25) is 0 Å². The molecule has 2 fully saturated rings. The second-order valence-electron chi connectivity index (χ2n) is 6.60. The lowest BCUT2D eigenvalue weighted by Gasteiger charge is -2.20. The summed E-state index contributed by atoms with van der Waals surface area (Å²) in [5.41, 5.74) is 0.733. The Balaban J connectivity index is 1.51. The first-order valence-electron chi connectivity index (χ1n) is 8.20. The number of benzene rings is 1. The molecule has 1 aromatic carbocycles. The van der Waals surface area contributed by atoms with Crippen LogP contribution in [0.25, 0.3) is 10.4 Å². The van der Waals surface area contributed by atoms with Crippen molar-refractivity contribution in [3.63, 3.8) is 0 Å². The van der Waals surface area contributed by atoms with Gasteiger partial charge in [-0.1, -0.05) is 12.1 Å². The van der Waals surface area contributed by atoms with E-state index < -0.39 is 10.0 Å². The van der Waals surface area contributed by atoms with Gasteiger partial charge in [0.15, 0.2) is 0 Å². The molecule has 0 unspecified atom stereocenters. The Kier molecular flexibility index (Phi) is 4.15. The lowest BCUT2D eigenvalue weighted by Crippen LogP contribution is -2.42. The van der Waals surface area contributed by atoms with Gasteiger partial charge in [-0.25, -0.2) is 13.6 Å². The fourth-order valence-electron chi connectivity index (χ4n) is 3.66. The quantitative estimate of drug-likeness (QED) is 0.754. The lowest BCUT2D eigenvalue weighted by molar-refractivity contribution is 0.0935. The first-order chi connectivity index (χ1) is 11.9. The van der Waals surface area contributed by atoms with Crippen molar-refractivity contribution in [3.8, 4) is 10.4 Å². The third-order valence-electron chi connectivity index (χ3n) is 4.89. The maximum absolute atomic E-state index is 12.5. The highest BCUT2D eigenvalue weighted by Gasteiger charge is 2.39. The molecular weight excluding hydrogens is 358 g/mol. The van der Waals surface area contributed by atoms with Crippen LogP contribution in [0.1, 0.15) is 28.9 Å². The molecule has 132 valence electrons. The van der Waals surface area contributed by atoms with Crippen LogP contribution < -0.4 is 15.8 Å². The highest BCUT2D eigenvalue weighted by atomic mass is 32.2. The van der Waals surface area contributed by atoms with Crippen molar-refractivity contribution in [3.05, 3.63) is 41.3 Å². The number of amides is 1. The van der Waals surface area contributed by atoms with Gasteiger partial charge in [0.05, 0.1) is 9.77 Å². The van der Waals surface area contributed by atoms with E-state index in [4.69, 9.17) is 5.14 Å². The molecule has 2 aromatic rings. The van der Waals surface area contributed by atoms with E-state index in [1.54, 1.807) is 12.1 Å². The largest absolute Gasteiger partial charge is 0.347 e. The Morgan fingerprint density at radius 2 is 2.08 bits per heavy atom. The van der Waals surface area contributed by atoms with Crippen LogP contribution in [0, 0.1) is 0 Å². The molecule has 25 heavy (non-hydrogen) atoms. The van der Waals surface area contributed by atoms with Gasteiger partial charge in [0.2, 0.25) is 10.0 Å². The predicted octanol–water partition coefficient (Wildman–Crippen LogP) is 1.69. The summed E-state index contributed by atoms with van der Waals surface area (Å²) >= 11 is 1.35. The minimum Gasteiger partial charge on any atom is -0.347 e. The smallest absolute Gasteiger partial charge is 0.261 e. The van der Waals surface area contributed by atoms with E-state index in [0.717, 1.165) is 23.3 Å². The van der Waals surface area contributed by atoms with E-state index in [1.807, 2.05) is 12.1 Å². The summed E-state index contributed by atoms with van der Waals surface area (Å²) in [4.78, 5) is 14.0. The third-order valence-corrected chi connectivity index (χ3v) is 6.94. The van der Waals surface area contributed by atoms with Crippen molar-refractivity contribution < 1.29 is 13.2 Å². The van der Waals surface area contributed by atoms with Gasteiger partial charge in [-0.05, 0) is 49.1 Å². The molecule has 0 saturated carbocycles. The first kappa shape index (κ1) is 16.7. The van der Waals surface area contributed by atoms with Crippen LogP contribution in [0.15, 0.2) is 41.3 Å². The summed E-state index contributed by atoms with van der Waals surface area (Å²) in [6, 6.07) is 11.2. The van der Waals surface area contributed by atoms with E-state index in [1.165, 1.54) is 29.9 Å². The van der Waals surface area contributed by atoms with Gasteiger partial charge in [-0.3, -0.25) is 4.79 Å². The normalized spacial score (nSPS) is 25.2. The molecule has 4 rings (SSSR count). The maximum Gasteiger partial charge on any atom is 0.261 e. The molecule has 0 spiro atoms. The molecule has 1 aromatic heterocycles. The summed E-state index contributed by atoms with van der Waals surface area (Å²) < 4.78 is 23.0. The molecule has 6 nitrogen and oxygen atoms in total. The second kappa shape index (κ2) is 6.21. The van der Waals surface area contributed by atoms with Crippen molar-refractivity contribution in [2.45, 2.75) is 42.3 Å². The number of nitrogens with one attached hydrogen (secondary N) is 2. The minimum atomic E-state index is -3.75. The van der Waals surface area contributed by atoms with E-state index >= 15 is 0 Å². The number of thiophene rings is 1.